The lowest BCUT2D eigenvalue weighted by Crippen LogP contribution is -2.23. The van der Waals surface area contributed by atoms with E-state index in [-0.39, 0.29) is 13.2 Å². The summed E-state index contributed by atoms with van der Waals surface area (Å²) in [4.78, 5) is 0. The number of aliphatic hydroxyl groups is 1. The molecule has 84 valence electrons. The van der Waals surface area contributed by atoms with Crippen molar-refractivity contribution in [1.82, 2.24) is 0 Å². The molecule has 0 aromatic carbocycles. The molecule has 2 atom stereocenters. The van der Waals surface area contributed by atoms with E-state index in [1.807, 2.05) is 0 Å². The van der Waals surface area contributed by atoms with Crippen LogP contribution < -0.4 is 0 Å². The van der Waals surface area contributed by atoms with Crippen molar-refractivity contribution in [2.24, 2.45) is 0 Å². The molecule has 1 N–H and O–H groups in total. The smallest absolute Gasteiger partial charge is 0.340 e. The summed E-state index contributed by atoms with van der Waals surface area (Å²) in [6, 6.07) is 0. The average Bonchev–Trinajstić information content (AvgIpc) is 2.04. The summed E-state index contributed by atoms with van der Waals surface area (Å²) in [6.45, 7) is 9.09. The largest absolute Gasteiger partial charge is 0.392 e. The Morgan fingerprint density at radius 3 is 2.07 bits per heavy atom. The first-order valence-electron chi connectivity index (χ1n) is 4.71. The van der Waals surface area contributed by atoms with Crippen molar-refractivity contribution < 1.29 is 18.7 Å². The van der Waals surface area contributed by atoms with Crippen molar-refractivity contribution in [3.8, 4) is 0 Å². The van der Waals surface area contributed by atoms with Crippen molar-refractivity contribution in [2.45, 2.75) is 32.5 Å². The lowest BCUT2D eigenvalue weighted by molar-refractivity contribution is 0.163. The highest BCUT2D eigenvalue weighted by Gasteiger charge is 2.36. The highest BCUT2D eigenvalue weighted by atomic mass is 31.2. The van der Waals surface area contributed by atoms with Crippen molar-refractivity contribution in [2.75, 3.05) is 13.2 Å². The summed E-state index contributed by atoms with van der Waals surface area (Å²) in [5, 5.41) is 9.40. The van der Waals surface area contributed by atoms with E-state index in [0.29, 0.717) is 0 Å². The topological polar surface area (TPSA) is 55.8 Å². The second-order valence-corrected chi connectivity index (χ2v) is 5.03. The minimum Gasteiger partial charge on any atom is -0.392 e. The third-order valence-corrected chi connectivity index (χ3v) is 4.33. The molecule has 14 heavy (non-hydrogen) atoms. The first-order valence-corrected chi connectivity index (χ1v) is 6.32. The number of aliphatic hydroxyl groups excluding tert-OH is 1. The molecule has 0 aromatic heterocycles. The summed E-state index contributed by atoms with van der Waals surface area (Å²) in [7, 11) is -3.25. The van der Waals surface area contributed by atoms with Crippen LogP contribution in [0.25, 0.3) is 0 Å². The molecule has 0 saturated heterocycles. The first kappa shape index (κ1) is 13.8. The van der Waals surface area contributed by atoms with Gasteiger partial charge in [-0.3, -0.25) is 4.57 Å². The number of hydrogen-bond donors (Lipinski definition) is 1. The van der Waals surface area contributed by atoms with Gasteiger partial charge in [0, 0.05) is 0 Å². The zero-order chi connectivity index (χ0) is 11.2. The Morgan fingerprint density at radius 1 is 1.43 bits per heavy atom. The molecule has 0 rings (SSSR count). The summed E-state index contributed by atoms with van der Waals surface area (Å²) >= 11 is 0. The third kappa shape index (κ3) is 3.54. The maximum absolute atomic E-state index is 12.1. The summed E-state index contributed by atoms with van der Waals surface area (Å²) in [6.07, 6.45) is 0.618. The summed E-state index contributed by atoms with van der Waals surface area (Å²) < 4.78 is 22.3. The van der Waals surface area contributed by atoms with Gasteiger partial charge in [0.15, 0.2) is 0 Å². The predicted molar refractivity (Wildman–Crippen MR) is 56.5 cm³/mol. The van der Waals surface area contributed by atoms with Crippen LogP contribution >= 0.6 is 7.60 Å². The van der Waals surface area contributed by atoms with Crippen LogP contribution in [-0.2, 0) is 13.6 Å². The summed E-state index contributed by atoms with van der Waals surface area (Å²) in [5.41, 5.74) is -0.664. The molecule has 0 saturated carbocycles. The third-order valence-electron chi connectivity index (χ3n) is 1.72. The van der Waals surface area contributed by atoms with E-state index in [4.69, 9.17) is 9.05 Å². The van der Waals surface area contributed by atoms with Crippen LogP contribution in [0.3, 0.4) is 0 Å². The molecule has 0 spiro atoms. The maximum Gasteiger partial charge on any atom is 0.340 e. The predicted octanol–water partition coefficient (Wildman–Crippen LogP) is 2.19. The lowest BCUT2D eigenvalue weighted by atomic mass is 10.3. The monoisotopic (exact) mass is 222 g/mol. The molecule has 0 amide bonds. The molecule has 0 radical (unpaired) electrons. The van der Waals surface area contributed by atoms with Gasteiger partial charge in [0.05, 0.1) is 19.3 Å². The molecule has 0 unspecified atom stereocenters. The van der Waals surface area contributed by atoms with Gasteiger partial charge in [0.25, 0.3) is 0 Å². The van der Waals surface area contributed by atoms with E-state index >= 15 is 0 Å². The van der Waals surface area contributed by atoms with Gasteiger partial charge in [0.1, 0.15) is 5.66 Å². The van der Waals surface area contributed by atoms with Crippen LogP contribution in [0.4, 0.5) is 0 Å². The highest BCUT2D eigenvalue weighted by Crippen LogP contribution is 2.54. The Labute approximate surface area is 85.5 Å². The van der Waals surface area contributed by atoms with E-state index in [2.05, 4.69) is 6.58 Å². The average molecular weight is 222 g/mol. The standard InChI is InChI=1S/C9H19O4P/c1-5-9(8(4)10)14(11,12-6-2)13-7-3/h5,8-10H,1,6-7H2,2-4H3/t8-,9-/m0/s1. The van der Waals surface area contributed by atoms with Crippen LogP contribution in [0.15, 0.2) is 12.7 Å². The van der Waals surface area contributed by atoms with E-state index in [1.165, 1.54) is 13.0 Å². The molecular formula is C9H19O4P. The highest BCUT2D eigenvalue weighted by molar-refractivity contribution is 7.55. The van der Waals surface area contributed by atoms with Crippen molar-refractivity contribution in [1.29, 1.82) is 0 Å². The minimum atomic E-state index is -3.25. The molecule has 0 aliphatic heterocycles. The molecule has 4 nitrogen and oxygen atoms in total. The second kappa shape index (κ2) is 6.36. The second-order valence-electron chi connectivity index (χ2n) is 2.84. The van der Waals surface area contributed by atoms with Gasteiger partial charge < -0.3 is 14.2 Å². The fourth-order valence-corrected chi connectivity index (χ4v) is 3.08. The van der Waals surface area contributed by atoms with Gasteiger partial charge in [-0.1, -0.05) is 6.08 Å². The van der Waals surface area contributed by atoms with E-state index in [1.54, 1.807) is 13.8 Å². The van der Waals surface area contributed by atoms with Crippen LogP contribution in [0.1, 0.15) is 20.8 Å². The molecule has 0 heterocycles. The summed E-state index contributed by atoms with van der Waals surface area (Å²) in [5.74, 6) is 0. The number of hydrogen-bond acceptors (Lipinski definition) is 4. The van der Waals surface area contributed by atoms with Gasteiger partial charge in [-0.15, -0.1) is 6.58 Å². The maximum atomic E-state index is 12.1. The van der Waals surface area contributed by atoms with Crippen molar-refractivity contribution >= 4 is 7.60 Å². The van der Waals surface area contributed by atoms with Crippen LogP contribution in [0, 0.1) is 0 Å². The zero-order valence-electron chi connectivity index (χ0n) is 8.97. The minimum absolute atomic E-state index is 0.286. The zero-order valence-corrected chi connectivity index (χ0v) is 9.87. The van der Waals surface area contributed by atoms with Crippen LogP contribution in [0.5, 0.6) is 0 Å². The van der Waals surface area contributed by atoms with E-state index < -0.39 is 19.4 Å². The van der Waals surface area contributed by atoms with Crippen molar-refractivity contribution in [3.63, 3.8) is 0 Å². The quantitative estimate of drug-likeness (QED) is 0.530. The van der Waals surface area contributed by atoms with Gasteiger partial charge in [-0.05, 0) is 20.8 Å². The van der Waals surface area contributed by atoms with E-state index in [9.17, 15) is 9.67 Å². The molecule has 0 bridgehead atoms. The Balaban J connectivity index is 4.75. The van der Waals surface area contributed by atoms with Gasteiger partial charge >= 0.3 is 7.60 Å². The fraction of sp³-hybridized carbons (Fsp3) is 0.778. The molecule has 0 aliphatic rings. The normalized spacial score (nSPS) is 16.3. The Hall–Kier alpha value is -0.150. The Kier molecular flexibility index (Phi) is 6.29. The Bertz CT molecular complexity index is 205. The van der Waals surface area contributed by atoms with Crippen molar-refractivity contribution in [3.05, 3.63) is 12.7 Å². The number of rotatable bonds is 7. The Morgan fingerprint density at radius 2 is 1.86 bits per heavy atom. The van der Waals surface area contributed by atoms with E-state index in [0.717, 1.165) is 0 Å². The molecule has 5 heteroatoms. The van der Waals surface area contributed by atoms with Gasteiger partial charge in [-0.25, -0.2) is 0 Å². The molecule has 0 fully saturated rings. The molecule has 0 aliphatic carbocycles. The van der Waals surface area contributed by atoms with Crippen LogP contribution in [-0.4, -0.2) is 30.1 Å². The molecule has 0 aromatic rings. The lowest BCUT2D eigenvalue weighted by Gasteiger charge is -2.25. The SMILES string of the molecule is C=C[C@@H]([C@H](C)O)P(=O)(OCC)OCC. The van der Waals surface area contributed by atoms with Gasteiger partial charge in [-0.2, -0.15) is 0 Å². The fourth-order valence-electron chi connectivity index (χ4n) is 1.16. The first-order chi connectivity index (χ1) is 6.51. The van der Waals surface area contributed by atoms with Gasteiger partial charge in [0.2, 0.25) is 0 Å². The molecular weight excluding hydrogens is 203 g/mol. The van der Waals surface area contributed by atoms with Crippen LogP contribution in [0.2, 0.25) is 0 Å².